The molecule has 0 aromatic rings. The standard InChI is InChI=1S/C14H20F3NO5/c1-5-22-10(19)7-9(18-8(3)4)11(13(21)23-6-2)12(20)14(15,16)17/h8,20H,5-7H2,1-4H3. The van der Waals surface area contributed by atoms with Gasteiger partial charge in [-0.25, -0.2) is 4.79 Å². The van der Waals surface area contributed by atoms with Gasteiger partial charge in [-0.15, -0.1) is 0 Å². The highest BCUT2D eigenvalue weighted by Gasteiger charge is 2.41. The monoisotopic (exact) mass is 339 g/mol. The Balaban J connectivity index is 6.03. The molecule has 0 aromatic carbocycles. The summed E-state index contributed by atoms with van der Waals surface area (Å²) < 4.78 is 47.6. The summed E-state index contributed by atoms with van der Waals surface area (Å²) in [6, 6.07) is -0.523. The van der Waals surface area contributed by atoms with E-state index in [1.54, 1.807) is 13.8 Å². The van der Waals surface area contributed by atoms with E-state index in [9.17, 15) is 27.9 Å². The van der Waals surface area contributed by atoms with Crippen LogP contribution in [0.25, 0.3) is 0 Å². The van der Waals surface area contributed by atoms with Crippen molar-refractivity contribution in [3.63, 3.8) is 0 Å². The smallest absolute Gasteiger partial charge is 0.449 e. The lowest BCUT2D eigenvalue weighted by molar-refractivity contribution is -0.142. The quantitative estimate of drug-likeness (QED) is 0.334. The van der Waals surface area contributed by atoms with E-state index in [1.807, 2.05) is 0 Å². The van der Waals surface area contributed by atoms with E-state index in [-0.39, 0.29) is 13.2 Å². The predicted octanol–water partition coefficient (Wildman–Crippen LogP) is 2.73. The van der Waals surface area contributed by atoms with Gasteiger partial charge in [0.1, 0.15) is 5.57 Å². The lowest BCUT2D eigenvalue weighted by Crippen LogP contribution is -2.27. The number of carbonyl (C=O) groups excluding carboxylic acids is 2. The van der Waals surface area contributed by atoms with Gasteiger partial charge < -0.3 is 14.6 Å². The van der Waals surface area contributed by atoms with Crippen molar-refractivity contribution in [1.29, 1.82) is 0 Å². The summed E-state index contributed by atoms with van der Waals surface area (Å²) in [5.74, 6) is -4.44. The van der Waals surface area contributed by atoms with Crippen molar-refractivity contribution >= 4 is 17.7 Å². The molecule has 0 radical (unpaired) electrons. The first-order valence-corrected chi connectivity index (χ1v) is 6.94. The van der Waals surface area contributed by atoms with Crippen LogP contribution in [0.2, 0.25) is 0 Å². The predicted molar refractivity (Wildman–Crippen MR) is 76.2 cm³/mol. The molecule has 0 aliphatic heterocycles. The van der Waals surface area contributed by atoms with Crippen LogP contribution in [0.1, 0.15) is 34.1 Å². The minimum atomic E-state index is -5.19. The molecule has 1 N–H and O–H groups in total. The fraction of sp³-hybridized carbons (Fsp3) is 0.643. The number of allylic oxidation sites excluding steroid dienone is 1. The van der Waals surface area contributed by atoms with Crippen LogP contribution in [0.5, 0.6) is 0 Å². The van der Waals surface area contributed by atoms with Crippen molar-refractivity contribution in [3.8, 4) is 0 Å². The van der Waals surface area contributed by atoms with Gasteiger partial charge in [0.2, 0.25) is 5.76 Å². The number of rotatable bonds is 7. The fourth-order valence-electron chi connectivity index (χ4n) is 1.56. The summed E-state index contributed by atoms with van der Waals surface area (Å²) in [5, 5.41) is 9.39. The Kier molecular flexibility index (Phi) is 8.34. The zero-order chi connectivity index (χ0) is 18.2. The van der Waals surface area contributed by atoms with Gasteiger partial charge in [-0.1, -0.05) is 0 Å². The van der Waals surface area contributed by atoms with E-state index in [0.29, 0.717) is 0 Å². The largest absolute Gasteiger partial charge is 0.504 e. The second-order valence-electron chi connectivity index (χ2n) is 4.59. The number of ether oxygens (including phenoxy) is 2. The summed E-state index contributed by atoms with van der Waals surface area (Å²) in [6.07, 6.45) is -5.88. The van der Waals surface area contributed by atoms with Gasteiger partial charge in [0.25, 0.3) is 0 Å². The molecule has 0 aliphatic rings. The minimum Gasteiger partial charge on any atom is -0.504 e. The van der Waals surface area contributed by atoms with E-state index >= 15 is 0 Å². The number of aliphatic imine (C=N–C) groups is 1. The van der Waals surface area contributed by atoms with Gasteiger partial charge in [-0.3, -0.25) is 9.79 Å². The number of aliphatic hydroxyl groups excluding tert-OH is 1. The fourth-order valence-corrected chi connectivity index (χ4v) is 1.56. The number of esters is 2. The summed E-state index contributed by atoms with van der Waals surface area (Å²) in [7, 11) is 0. The molecule has 0 heterocycles. The summed E-state index contributed by atoms with van der Waals surface area (Å²) in [6.45, 7) is 5.80. The second-order valence-corrected chi connectivity index (χ2v) is 4.59. The van der Waals surface area contributed by atoms with Gasteiger partial charge >= 0.3 is 18.1 Å². The molecule has 0 amide bonds. The first kappa shape index (κ1) is 20.9. The number of carbonyl (C=O) groups is 2. The molecule has 0 unspecified atom stereocenters. The number of hydrogen-bond acceptors (Lipinski definition) is 6. The maximum absolute atomic E-state index is 12.8. The van der Waals surface area contributed by atoms with E-state index in [1.165, 1.54) is 13.8 Å². The van der Waals surface area contributed by atoms with Crippen molar-refractivity contribution in [3.05, 3.63) is 11.3 Å². The second kappa shape index (κ2) is 9.16. The molecule has 0 atom stereocenters. The Bertz CT molecular complexity index is 495. The average molecular weight is 339 g/mol. The van der Waals surface area contributed by atoms with Crippen LogP contribution in [0.4, 0.5) is 13.2 Å². The molecule has 0 aromatic heterocycles. The zero-order valence-electron chi connectivity index (χ0n) is 13.4. The van der Waals surface area contributed by atoms with Gasteiger partial charge in [0.05, 0.1) is 25.3 Å². The highest BCUT2D eigenvalue weighted by molar-refractivity contribution is 6.24. The third-order valence-electron chi connectivity index (χ3n) is 2.30. The highest BCUT2D eigenvalue weighted by atomic mass is 19.4. The van der Waals surface area contributed by atoms with E-state index in [0.717, 1.165) is 0 Å². The Morgan fingerprint density at radius 1 is 1.13 bits per heavy atom. The highest BCUT2D eigenvalue weighted by Crippen LogP contribution is 2.28. The molecule has 0 fully saturated rings. The molecule has 0 saturated heterocycles. The summed E-state index contributed by atoms with van der Waals surface area (Å²) >= 11 is 0. The molecule has 0 saturated carbocycles. The normalized spacial score (nSPS) is 13.7. The van der Waals surface area contributed by atoms with Crippen LogP contribution in [-0.2, 0) is 19.1 Å². The van der Waals surface area contributed by atoms with Crippen molar-refractivity contribution in [2.24, 2.45) is 4.99 Å². The molecule has 9 heteroatoms. The van der Waals surface area contributed by atoms with Gasteiger partial charge in [-0.2, -0.15) is 13.2 Å². The molecule has 0 spiro atoms. The molecular weight excluding hydrogens is 319 g/mol. The SMILES string of the molecule is CCOC(=O)CC(=NC(C)C)C(C(=O)OCC)=C(O)C(F)(F)F. The molecule has 0 bridgehead atoms. The van der Waals surface area contributed by atoms with E-state index < -0.39 is 47.6 Å². The van der Waals surface area contributed by atoms with Gasteiger partial charge in [0, 0.05) is 6.04 Å². The number of nitrogens with zero attached hydrogens (tertiary/aromatic N) is 1. The first-order valence-electron chi connectivity index (χ1n) is 6.94. The van der Waals surface area contributed by atoms with Gasteiger partial charge in [-0.05, 0) is 27.7 Å². The molecular formula is C14H20F3NO5. The first-order chi connectivity index (χ1) is 10.5. The van der Waals surface area contributed by atoms with Gasteiger partial charge in [0.15, 0.2) is 0 Å². The van der Waals surface area contributed by atoms with Crippen LogP contribution in [0.3, 0.4) is 0 Å². The number of alkyl halides is 3. The third kappa shape index (κ3) is 7.16. The maximum Gasteiger partial charge on any atom is 0.449 e. The van der Waals surface area contributed by atoms with Crippen LogP contribution >= 0.6 is 0 Å². The minimum absolute atomic E-state index is 0.0114. The third-order valence-corrected chi connectivity index (χ3v) is 2.30. The van der Waals surface area contributed by atoms with Crippen LogP contribution in [-0.4, -0.2) is 48.2 Å². The summed E-state index contributed by atoms with van der Waals surface area (Å²) in [5.41, 5.74) is -1.71. The average Bonchev–Trinajstić information content (AvgIpc) is 2.37. The topological polar surface area (TPSA) is 85.2 Å². The van der Waals surface area contributed by atoms with Crippen LogP contribution < -0.4 is 0 Å². The molecule has 132 valence electrons. The maximum atomic E-state index is 12.8. The van der Waals surface area contributed by atoms with Crippen LogP contribution in [0.15, 0.2) is 16.3 Å². The van der Waals surface area contributed by atoms with E-state index in [4.69, 9.17) is 0 Å². The lowest BCUT2D eigenvalue weighted by atomic mass is 10.1. The molecule has 0 rings (SSSR count). The summed E-state index contributed by atoms with van der Waals surface area (Å²) in [4.78, 5) is 27.2. The lowest BCUT2D eigenvalue weighted by Gasteiger charge is -2.15. The van der Waals surface area contributed by atoms with Crippen molar-refractivity contribution < 1.29 is 37.3 Å². The Morgan fingerprint density at radius 2 is 1.65 bits per heavy atom. The Hall–Kier alpha value is -2.06. The van der Waals surface area contributed by atoms with Crippen molar-refractivity contribution in [2.75, 3.05) is 13.2 Å². The zero-order valence-corrected chi connectivity index (χ0v) is 13.4. The molecule has 0 aliphatic carbocycles. The number of halogens is 3. The van der Waals surface area contributed by atoms with Crippen molar-refractivity contribution in [1.82, 2.24) is 0 Å². The van der Waals surface area contributed by atoms with Crippen LogP contribution in [0, 0.1) is 0 Å². The molecule has 6 nitrogen and oxygen atoms in total. The Morgan fingerprint density at radius 3 is 2.04 bits per heavy atom. The number of hydrogen-bond donors (Lipinski definition) is 1. The Labute approximate surface area is 132 Å². The molecule has 23 heavy (non-hydrogen) atoms. The number of aliphatic hydroxyl groups is 1. The van der Waals surface area contributed by atoms with Crippen molar-refractivity contribution in [2.45, 2.75) is 46.3 Å². The van der Waals surface area contributed by atoms with E-state index in [2.05, 4.69) is 14.5 Å².